The average molecular weight is 190 g/mol. The predicted octanol–water partition coefficient (Wildman–Crippen LogP) is 4.81. The molecule has 78 valence electrons. The number of hydrogen-bond acceptors (Lipinski definition) is 0. The van der Waals surface area contributed by atoms with Crippen LogP contribution >= 0.6 is 0 Å². The standard InChI is InChI=1S/C14H22/c1-3-5-7-9-11-13-14-12-10-8-6-4-2/h3,5,7,9-13H,4,6,8,14H2,1-2H3/b5-3+,9-7+,12-10+,13-11+. The van der Waals surface area contributed by atoms with Crippen LogP contribution in [0.25, 0.3) is 0 Å². The zero-order valence-electron chi connectivity index (χ0n) is 9.45. The Hall–Kier alpha value is -1.04. The molecule has 0 unspecified atom stereocenters. The van der Waals surface area contributed by atoms with Crippen LogP contribution < -0.4 is 0 Å². The molecule has 0 aromatic rings. The molecule has 0 heteroatoms. The number of allylic oxidation sites excluding steroid dienone is 8. The zero-order chi connectivity index (χ0) is 10.5. The second kappa shape index (κ2) is 12.0. The third kappa shape index (κ3) is 11.0. The summed E-state index contributed by atoms with van der Waals surface area (Å²) in [7, 11) is 0. The second-order valence-corrected chi connectivity index (χ2v) is 3.19. The fraction of sp³-hybridized carbons (Fsp3) is 0.429. The molecule has 0 aromatic heterocycles. The molecule has 0 heterocycles. The Morgan fingerprint density at radius 2 is 1.64 bits per heavy atom. The molecule has 0 N–H and O–H groups in total. The Morgan fingerprint density at radius 1 is 0.857 bits per heavy atom. The van der Waals surface area contributed by atoms with E-state index in [9.17, 15) is 0 Å². The topological polar surface area (TPSA) is 0 Å². The molecule has 0 fully saturated rings. The van der Waals surface area contributed by atoms with Crippen molar-refractivity contribution in [2.24, 2.45) is 0 Å². The van der Waals surface area contributed by atoms with Gasteiger partial charge in [-0.3, -0.25) is 0 Å². The van der Waals surface area contributed by atoms with Crippen LogP contribution in [0.4, 0.5) is 0 Å². The van der Waals surface area contributed by atoms with Crippen molar-refractivity contribution in [3.8, 4) is 0 Å². The summed E-state index contributed by atoms with van der Waals surface area (Å²) in [6, 6.07) is 0. The maximum Gasteiger partial charge on any atom is -0.0166 e. The van der Waals surface area contributed by atoms with E-state index < -0.39 is 0 Å². The monoisotopic (exact) mass is 190 g/mol. The van der Waals surface area contributed by atoms with Gasteiger partial charge in [-0.1, -0.05) is 68.4 Å². The van der Waals surface area contributed by atoms with Gasteiger partial charge in [-0.05, 0) is 19.8 Å². The zero-order valence-corrected chi connectivity index (χ0v) is 9.45. The van der Waals surface area contributed by atoms with Crippen molar-refractivity contribution in [3.05, 3.63) is 48.6 Å². The van der Waals surface area contributed by atoms with E-state index in [0.717, 1.165) is 6.42 Å². The highest BCUT2D eigenvalue weighted by atomic mass is 13.8. The maximum absolute atomic E-state index is 2.27. The van der Waals surface area contributed by atoms with Gasteiger partial charge in [-0.15, -0.1) is 0 Å². The van der Waals surface area contributed by atoms with Crippen molar-refractivity contribution in [3.63, 3.8) is 0 Å². The molecule has 0 radical (unpaired) electrons. The molecule has 14 heavy (non-hydrogen) atoms. The highest BCUT2D eigenvalue weighted by Gasteiger charge is 1.76. The third-order valence-electron chi connectivity index (χ3n) is 1.83. The van der Waals surface area contributed by atoms with Gasteiger partial charge >= 0.3 is 0 Å². The van der Waals surface area contributed by atoms with Crippen LogP contribution in [0.3, 0.4) is 0 Å². The van der Waals surface area contributed by atoms with E-state index in [4.69, 9.17) is 0 Å². The number of unbranched alkanes of at least 4 members (excludes halogenated alkanes) is 2. The lowest BCUT2D eigenvalue weighted by atomic mass is 10.2. The summed E-state index contributed by atoms with van der Waals surface area (Å²) in [6.45, 7) is 4.24. The quantitative estimate of drug-likeness (QED) is 0.307. The van der Waals surface area contributed by atoms with Gasteiger partial charge in [0.2, 0.25) is 0 Å². The first kappa shape index (κ1) is 13.0. The molecule has 0 spiro atoms. The van der Waals surface area contributed by atoms with E-state index in [-0.39, 0.29) is 0 Å². The van der Waals surface area contributed by atoms with Gasteiger partial charge < -0.3 is 0 Å². The van der Waals surface area contributed by atoms with Crippen LogP contribution in [0.1, 0.15) is 39.5 Å². The smallest absolute Gasteiger partial charge is 0.0166 e. The summed E-state index contributed by atoms with van der Waals surface area (Å²) in [5, 5.41) is 0. The fourth-order valence-electron chi connectivity index (χ4n) is 1.01. The minimum absolute atomic E-state index is 1.05. The molecule has 0 saturated heterocycles. The minimum Gasteiger partial charge on any atom is -0.0882 e. The van der Waals surface area contributed by atoms with E-state index in [1.165, 1.54) is 19.3 Å². The van der Waals surface area contributed by atoms with Gasteiger partial charge in [0.05, 0.1) is 0 Å². The Labute approximate surface area is 88.7 Å². The first-order chi connectivity index (χ1) is 6.91. The van der Waals surface area contributed by atoms with Gasteiger partial charge in [0.15, 0.2) is 0 Å². The lowest BCUT2D eigenvalue weighted by molar-refractivity contribution is 0.813. The summed E-state index contributed by atoms with van der Waals surface area (Å²) in [4.78, 5) is 0. The van der Waals surface area contributed by atoms with Gasteiger partial charge in [0.25, 0.3) is 0 Å². The average Bonchev–Trinajstić information content (AvgIpc) is 2.21. The van der Waals surface area contributed by atoms with Crippen LogP contribution in [-0.4, -0.2) is 0 Å². The third-order valence-corrected chi connectivity index (χ3v) is 1.83. The Morgan fingerprint density at radius 3 is 2.36 bits per heavy atom. The molecule has 0 aliphatic carbocycles. The van der Waals surface area contributed by atoms with Crippen LogP contribution in [0.15, 0.2) is 48.6 Å². The minimum atomic E-state index is 1.05. The van der Waals surface area contributed by atoms with Crippen molar-refractivity contribution in [2.45, 2.75) is 39.5 Å². The van der Waals surface area contributed by atoms with Crippen molar-refractivity contribution >= 4 is 0 Å². The van der Waals surface area contributed by atoms with E-state index >= 15 is 0 Å². The maximum atomic E-state index is 2.27. The summed E-state index contributed by atoms with van der Waals surface area (Å²) in [6.07, 6.45) is 21.8. The lowest BCUT2D eigenvalue weighted by Gasteiger charge is -1.86. The van der Waals surface area contributed by atoms with Gasteiger partial charge in [-0.25, -0.2) is 0 Å². The molecule has 0 amide bonds. The van der Waals surface area contributed by atoms with Crippen LogP contribution in [-0.2, 0) is 0 Å². The molecule has 0 aliphatic heterocycles. The summed E-state index contributed by atoms with van der Waals surface area (Å²) in [5.74, 6) is 0. The van der Waals surface area contributed by atoms with E-state index in [1.807, 2.05) is 25.2 Å². The van der Waals surface area contributed by atoms with Gasteiger partial charge in [-0.2, -0.15) is 0 Å². The molecule has 0 aromatic carbocycles. The first-order valence-corrected chi connectivity index (χ1v) is 5.51. The first-order valence-electron chi connectivity index (χ1n) is 5.51. The second-order valence-electron chi connectivity index (χ2n) is 3.19. The number of rotatable bonds is 7. The van der Waals surface area contributed by atoms with Gasteiger partial charge in [0.1, 0.15) is 0 Å². The van der Waals surface area contributed by atoms with E-state index in [0.29, 0.717) is 0 Å². The highest BCUT2D eigenvalue weighted by Crippen LogP contribution is 1.96. The van der Waals surface area contributed by atoms with Crippen LogP contribution in [0.5, 0.6) is 0 Å². The number of hydrogen-bond donors (Lipinski definition) is 0. The van der Waals surface area contributed by atoms with Crippen molar-refractivity contribution in [1.82, 2.24) is 0 Å². The van der Waals surface area contributed by atoms with Crippen LogP contribution in [0, 0.1) is 0 Å². The largest absolute Gasteiger partial charge is 0.0882 e. The fourth-order valence-corrected chi connectivity index (χ4v) is 1.01. The summed E-state index contributed by atoms with van der Waals surface area (Å²) in [5.41, 5.74) is 0. The normalized spacial score (nSPS) is 13.0. The SMILES string of the molecule is C/C=C/C=C/C=C/C/C=C/CCCC. The Bertz CT molecular complexity index is 204. The molecule has 0 aliphatic rings. The molecular formula is C14H22. The molecular weight excluding hydrogens is 168 g/mol. The predicted molar refractivity (Wildman–Crippen MR) is 66.4 cm³/mol. The molecule has 0 saturated carbocycles. The Balaban J connectivity index is 3.38. The van der Waals surface area contributed by atoms with Crippen molar-refractivity contribution < 1.29 is 0 Å². The lowest BCUT2D eigenvalue weighted by Crippen LogP contribution is -1.66. The van der Waals surface area contributed by atoms with Crippen LogP contribution in [0.2, 0.25) is 0 Å². The van der Waals surface area contributed by atoms with Crippen molar-refractivity contribution in [1.29, 1.82) is 0 Å². The highest BCUT2D eigenvalue weighted by molar-refractivity contribution is 5.11. The van der Waals surface area contributed by atoms with Crippen molar-refractivity contribution in [2.75, 3.05) is 0 Å². The Kier molecular flexibility index (Phi) is 11.1. The van der Waals surface area contributed by atoms with E-state index in [1.54, 1.807) is 0 Å². The van der Waals surface area contributed by atoms with E-state index in [2.05, 4.69) is 37.3 Å². The van der Waals surface area contributed by atoms with Gasteiger partial charge in [0, 0.05) is 0 Å². The summed E-state index contributed by atoms with van der Waals surface area (Å²) < 4.78 is 0. The molecule has 0 rings (SSSR count). The molecule has 0 nitrogen and oxygen atoms in total. The molecule has 0 atom stereocenters. The molecule has 0 bridgehead atoms. The summed E-state index contributed by atoms with van der Waals surface area (Å²) >= 11 is 0.